The van der Waals surface area contributed by atoms with Crippen molar-refractivity contribution in [2.75, 3.05) is 14.2 Å². The van der Waals surface area contributed by atoms with Gasteiger partial charge < -0.3 is 9.47 Å². The Hall–Kier alpha value is -1.91. The third-order valence-corrected chi connectivity index (χ3v) is 4.47. The molecule has 2 aliphatic rings. The fourth-order valence-electron chi connectivity index (χ4n) is 3.25. The van der Waals surface area contributed by atoms with Gasteiger partial charge in [-0.25, -0.2) is 0 Å². The van der Waals surface area contributed by atoms with Gasteiger partial charge in [0.1, 0.15) is 0 Å². The van der Waals surface area contributed by atoms with Crippen molar-refractivity contribution < 1.29 is 23.9 Å². The van der Waals surface area contributed by atoms with E-state index >= 15 is 0 Å². The largest absolute Gasteiger partial charge is 0.468 e. The number of ether oxygens (including phenoxy) is 2. The van der Waals surface area contributed by atoms with E-state index in [1.54, 1.807) is 6.92 Å². The van der Waals surface area contributed by atoms with Gasteiger partial charge in [-0.1, -0.05) is 17.7 Å². The van der Waals surface area contributed by atoms with E-state index in [9.17, 15) is 14.4 Å². The molecule has 0 unspecified atom stereocenters. The molecule has 0 bridgehead atoms. The molecule has 1 saturated carbocycles. The number of hydrogen-bond donors (Lipinski definition) is 0. The number of carbonyl (C=O) groups excluding carboxylic acids is 3. The Morgan fingerprint density at radius 3 is 2.43 bits per heavy atom. The Morgan fingerprint density at radius 2 is 1.86 bits per heavy atom. The normalized spacial score (nSPS) is 29.1. The summed E-state index contributed by atoms with van der Waals surface area (Å²) in [5.41, 5.74) is 0.186. The molecular weight excluding hydrogens is 272 g/mol. The molecular formula is C16H20O5. The van der Waals surface area contributed by atoms with Gasteiger partial charge in [-0.2, -0.15) is 0 Å². The molecule has 114 valence electrons. The van der Waals surface area contributed by atoms with E-state index in [-0.39, 0.29) is 18.1 Å². The summed E-state index contributed by atoms with van der Waals surface area (Å²) in [4.78, 5) is 36.4. The van der Waals surface area contributed by atoms with E-state index in [4.69, 9.17) is 9.47 Å². The molecule has 0 saturated heterocycles. The topological polar surface area (TPSA) is 69.7 Å². The second-order valence-corrected chi connectivity index (χ2v) is 5.59. The van der Waals surface area contributed by atoms with Crippen LogP contribution in [-0.2, 0) is 23.9 Å². The van der Waals surface area contributed by atoms with Crippen LogP contribution in [-0.4, -0.2) is 31.9 Å². The van der Waals surface area contributed by atoms with Crippen molar-refractivity contribution >= 4 is 17.7 Å². The van der Waals surface area contributed by atoms with Crippen LogP contribution in [0.3, 0.4) is 0 Å². The average Bonchev–Trinajstić information content (AvgIpc) is 2.88. The van der Waals surface area contributed by atoms with Gasteiger partial charge in [-0.15, -0.1) is 0 Å². The van der Waals surface area contributed by atoms with E-state index in [2.05, 4.69) is 0 Å². The van der Waals surface area contributed by atoms with E-state index < -0.39 is 17.4 Å². The summed E-state index contributed by atoms with van der Waals surface area (Å²) in [6, 6.07) is 0. The molecule has 0 aromatic heterocycles. The first-order valence-electron chi connectivity index (χ1n) is 7.02. The molecule has 1 atom stereocenters. The van der Waals surface area contributed by atoms with Crippen LogP contribution in [0.1, 0.15) is 32.6 Å². The molecule has 2 aliphatic carbocycles. The highest BCUT2D eigenvalue weighted by molar-refractivity contribution is 6.02. The summed E-state index contributed by atoms with van der Waals surface area (Å²) < 4.78 is 9.64. The summed E-state index contributed by atoms with van der Waals surface area (Å²) >= 11 is 0. The highest BCUT2D eigenvalue weighted by atomic mass is 16.5. The first-order chi connectivity index (χ1) is 9.96. The van der Waals surface area contributed by atoms with Gasteiger partial charge in [-0.3, -0.25) is 14.4 Å². The van der Waals surface area contributed by atoms with Crippen LogP contribution in [0, 0.1) is 11.3 Å². The monoisotopic (exact) mass is 292 g/mol. The third-order valence-electron chi connectivity index (χ3n) is 4.47. The lowest BCUT2D eigenvalue weighted by Gasteiger charge is -2.22. The summed E-state index contributed by atoms with van der Waals surface area (Å²) in [5, 5.41) is 0. The zero-order valence-corrected chi connectivity index (χ0v) is 12.6. The maximum absolute atomic E-state index is 12.2. The number of fused-ring (bicyclic) bond motifs is 1. The number of ketones is 1. The molecule has 0 N–H and O–H groups in total. The Kier molecular flexibility index (Phi) is 4.30. The zero-order valence-electron chi connectivity index (χ0n) is 12.6. The SMILES string of the molecule is COC(=O)C1(C(=O)OC)C/C2=C(\C)C(=O)CC/C=C\[C@@H]2C1. The van der Waals surface area contributed by atoms with Crippen LogP contribution in [0.4, 0.5) is 0 Å². The number of esters is 2. The molecule has 2 rings (SSSR count). The number of methoxy groups -OCH3 is 2. The number of Topliss-reactive ketones (excluding diaryl/α,β-unsaturated/α-hetero) is 1. The number of carbonyl (C=O) groups is 3. The molecule has 0 radical (unpaired) electrons. The Morgan fingerprint density at radius 1 is 1.24 bits per heavy atom. The molecule has 0 amide bonds. The highest BCUT2D eigenvalue weighted by Crippen LogP contribution is 2.49. The lowest BCUT2D eigenvalue weighted by atomic mass is 9.85. The van der Waals surface area contributed by atoms with Crippen LogP contribution in [0.15, 0.2) is 23.3 Å². The van der Waals surface area contributed by atoms with Gasteiger partial charge in [-0.05, 0) is 31.8 Å². The van der Waals surface area contributed by atoms with E-state index in [1.165, 1.54) is 14.2 Å². The quantitative estimate of drug-likeness (QED) is 0.442. The lowest BCUT2D eigenvalue weighted by molar-refractivity contribution is -0.168. The van der Waals surface area contributed by atoms with Crippen LogP contribution < -0.4 is 0 Å². The van der Waals surface area contributed by atoms with Crippen LogP contribution in [0.2, 0.25) is 0 Å². The smallest absolute Gasteiger partial charge is 0.323 e. The summed E-state index contributed by atoms with van der Waals surface area (Å²) in [6.07, 6.45) is 5.56. The molecule has 5 heteroatoms. The predicted molar refractivity (Wildman–Crippen MR) is 75.3 cm³/mol. The number of hydrogen-bond acceptors (Lipinski definition) is 5. The Labute approximate surface area is 124 Å². The van der Waals surface area contributed by atoms with E-state index in [0.29, 0.717) is 24.8 Å². The zero-order chi connectivity index (χ0) is 15.6. The van der Waals surface area contributed by atoms with Crippen LogP contribution >= 0.6 is 0 Å². The average molecular weight is 292 g/mol. The van der Waals surface area contributed by atoms with Crippen molar-refractivity contribution in [1.82, 2.24) is 0 Å². The predicted octanol–water partition coefficient (Wildman–Crippen LogP) is 1.96. The lowest BCUT2D eigenvalue weighted by Crippen LogP contribution is -2.39. The molecule has 0 spiro atoms. The third kappa shape index (κ3) is 2.52. The van der Waals surface area contributed by atoms with Gasteiger partial charge in [0.15, 0.2) is 11.2 Å². The minimum absolute atomic E-state index is 0.0740. The summed E-state index contributed by atoms with van der Waals surface area (Å²) in [7, 11) is 2.52. The van der Waals surface area contributed by atoms with Gasteiger partial charge in [0.2, 0.25) is 0 Å². The molecule has 0 aromatic rings. The number of allylic oxidation sites excluding steroid dienone is 4. The van der Waals surface area contributed by atoms with Gasteiger partial charge in [0.25, 0.3) is 0 Å². The van der Waals surface area contributed by atoms with E-state index in [0.717, 1.165) is 5.57 Å². The van der Waals surface area contributed by atoms with Gasteiger partial charge in [0, 0.05) is 12.3 Å². The van der Waals surface area contributed by atoms with Crippen molar-refractivity contribution in [3.63, 3.8) is 0 Å². The fraction of sp³-hybridized carbons (Fsp3) is 0.562. The second-order valence-electron chi connectivity index (χ2n) is 5.59. The molecule has 5 nitrogen and oxygen atoms in total. The van der Waals surface area contributed by atoms with Gasteiger partial charge >= 0.3 is 11.9 Å². The summed E-state index contributed by atoms with van der Waals surface area (Å²) in [5.74, 6) is -1.21. The Bertz CT molecular complexity index is 525. The van der Waals surface area contributed by atoms with Gasteiger partial charge in [0.05, 0.1) is 14.2 Å². The van der Waals surface area contributed by atoms with Crippen molar-refractivity contribution in [2.24, 2.45) is 11.3 Å². The van der Waals surface area contributed by atoms with Crippen molar-refractivity contribution in [1.29, 1.82) is 0 Å². The minimum atomic E-state index is -1.33. The van der Waals surface area contributed by atoms with E-state index in [1.807, 2.05) is 12.2 Å². The minimum Gasteiger partial charge on any atom is -0.468 e. The number of rotatable bonds is 2. The Balaban J connectivity index is 2.50. The fourth-order valence-corrected chi connectivity index (χ4v) is 3.25. The molecule has 0 heterocycles. The molecule has 1 fully saturated rings. The first kappa shape index (κ1) is 15.5. The maximum atomic E-state index is 12.2. The summed E-state index contributed by atoms with van der Waals surface area (Å²) in [6.45, 7) is 1.77. The van der Waals surface area contributed by atoms with Crippen molar-refractivity contribution in [2.45, 2.75) is 32.6 Å². The molecule has 21 heavy (non-hydrogen) atoms. The standard InChI is InChI=1S/C16H20O5/c1-10-12-9-16(14(18)20-2,15(19)21-3)8-11(12)6-4-5-7-13(10)17/h4,6,11H,5,7-9H2,1-3H3/b6-4-,12-10-/t11-/m1/s1. The van der Waals surface area contributed by atoms with Crippen molar-refractivity contribution in [3.05, 3.63) is 23.3 Å². The molecule has 0 aliphatic heterocycles. The molecule has 0 aromatic carbocycles. The maximum Gasteiger partial charge on any atom is 0.323 e. The highest BCUT2D eigenvalue weighted by Gasteiger charge is 2.55. The van der Waals surface area contributed by atoms with Crippen molar-refractivity contribution in [3.8, 4) is 0 Å². The van der Waals surface area contributed by atoms with Crippen LogP contribution in [0.5, 0.6) is 0 Å². The first-order valence-corrected chi connectivity index (χ1v) is 7.02. The second kappa shape index (κ2) is 5.84. The van der Waals surface area contributed by atoms with Crippen LogP contribution in [0.25, 0.3) is 0 Å².